The lowest BCUT2D eigenvalue weighted by atomic mass is 9.73. The Morgan fingerprint density at radius 2 is 0.839 bits per heavy atom. The molecule has 0 nitrogen and oxygen atoms in total. The number of hydrogen-bond donors (Lipinski definition) is 0. The quantitative estimate of drug-likeness (QED) is 0.166. The van der Waals surface area contributed by atoms with E-state index in [1.54, 1.807) is 0 Å². The van der Waals surface area contributed by atoms with Gasteiger partial charge in [-0.25, -0.2) is 0 Å². The first-order chi connectivity index (χ1) is 14.6. The standard InChI is InChI=1S/C31H64/c1-24(2)19-16-14-12-11-13-15-17-20-26(5)23-27(6)21-18-22-28(7)30(9)31(10)29(8)25(3)4/h24-31H,11-23H2,1-10H3. The van der Waals surface area contributed by atoms with Crippen LogP contribution >= 0.6 is 0 Å². The van der Waals surface area contributed by atoms with Crippen LogP contribution in [-0.2, 0) is 0 Å². The van der Waals surface area contributed by atoms with Gasteiger partial charge in [-0.05, 0) is 53.8 Å². The lowest BCUT2D eigenvalue weighted by Crippen LogP contribution is -2.25. The van der Waals surface area contributed by atoms with Gasteiger partial charge in [0.15, 0.2) is 0 Å². The molecule has 0 aromatic carbocycles. The van der Waals surface area contributed by atoms with E-state index in [-0.39, 0.29) is 0 Å². The van der Waals surface area contributed by atoms with Crippen molar-refractivity contribution in [2.75, 3.05) is 0 Å². The predicted molar refractivity (Wildman–Crippen MR) is 145 cm³/mol. The maximum absolute atomic E-state index is 2.51. The Morgan fingerprint density at radius 1 is 0.387 bits per heavy atom. The zero-order chi connectivity index (χ0) is 23.8. The van der Waals surface area contributed by atoms with Gasteiger partial charge in [0, 0.05) is 0 Å². The van der Waals surface area contributed by atoms with E-state index in [1.807, 2.05) is 0 Å². The first-order valence-electron chi connectivity index (χ1n) is 14.6. The first kappa shape index (κ1) is 31.0. The summed E-state index contributed by atoms with van der Waals surface area (Å²) < 4.78 is 0. The Bertz CT molecular complexity index is 381. The van der Waals surface area contributed by atoms with Crippen LogP contribution in [0.5, 0.6) is 0 Å². The Kier molecular flexibility index (Phi) is 18.4. The minimum atomic E-state index is 0.806. The van der Waals surface area contributed by atoms with Gasteiger partial charge in [-0.15, -0.1) is 0 Å². The predicted octanol–water partition coefficient (Wildman–Crippen LogP) is 11.2. The van der Waals surface area contributed by atoms with Crippen LogP contribution in [0.1, 0.15) is 153 Å². The average molecular weight is 437 g/mol. The summed E-state index contributed by atoms with van der Waals surface area (Å²) in [7, 11) is 0. The van der Waals surface area contributed by atoms with E-state index >= 15 is 0 Å². The summed E-state index contributed by atoms with van der Waals surface area (Å²) in [6, 6.07) is 0. The van der Waals surface area contributed by atoms with Crippen LogP contribution in [-0.4, -0.2) is 0 Å². The molecule has 0 saturated carbocycles. The van der Waals surface area contributed by atoms with E-state index in [1.165, 1.54) is 83.5 Å². The summed E-state index contributed by atoms with van der Waals surface area (Å²) in [5.74, 6) is 6.91. The van der Waals surface area contributed by atoms with Crippen LogP contribution in [0.15, 0.2) is 0 Å². The molecule has 0 heterocycles. The zero-order valence-electron chi connectivity index (χ0n) is 23.8. The summed E-state index contributed by atoms with van der Waals surface area (Å²) in [4.78, 5) is 0. The van der Waals surface area contributed by atoms with Gasteiger partial charge < -0.3 is 0 Å². The molecule has 0 radical (unpaired) electrons. The monoisotopic (exact) mass is 437 g/mol. The van der Waals surface area contributed by atoms with Crippen molar-refractivity contribution in [3.05, 3.63) is 0 Å². The third-order valence-corrected chi connectivity index (χ3v) is 8.75. The molecule has 0 N–H and O–H groups in total. The van der Waals surface area contributed by atoms with E-state index in [0.717, 1.165) is 47.3 Å². The second-order valence-electron chi connectivity index (χ2n) is 12.6. The Morgan fingerprint density at radius 3 is 1.32 bits per heavy atom. The van der Waals surface area contributed by atoms with Crippen molar-refractivity contribution in [1.29, 1.82) is 0 Å². The SMILES string of the molecule is CC(C)CCCCCCCCCC(C)CC(C)CCCC(C)C(C)C(C)C(C)C(C)C. The van der Waals surface area contributed by atoms with Crippen LogP contribution in [0, 0.1) is 47.3 Å². The Hall–Kier alpha value is 0. The topological polar surface area (TPSA) is 0 Å². The molecule has 6 atom stereocenters. The highest BCUT2D eigenvalue weighted by molar-refractivity contribution is 4.75. The van der Waals surface area contributed by atoms with E-state index < -0.39 is 0 Å². The average Bonchev–Trinajstić information content (AvgIpc) is 2.70. The maximum Gasteiger partial charge on any atom is -0.0386 e. The van der Waals surface area contributed by atoms with Crippen LogP contribution in [0.3, 0.4) is 0 Å². The molecule has 0 aliphatic heterocycles. The normalized spacial score (nSPS) is 18.2. The molecule has 6 unspecified atom stereocenters. The summed E-state index contributed by atoms with van der Waals surface area (Å²) in [6.07, 6.45) is 18.8. The molecule has 0 rings (SSSR count). The molecule has 0 aromatic rings. The van der Waals surface area contributed by atoms with Gasteiger partial charge in [0.25, 0.3) is 0 Å². The lowest BCUT2D eigenvalue weighted by Gasteiger charge is -2.33. The Labute approximate surface area is 200 Å². The highest BCUT2D eigenvalue weighted by Crippen LogP contribution is 2.33. The van der Waals surface area contributed by atoms with Gasteiger partial charge in [0.2, 0.25) is 0 Å². The molecule has 188 valence electrons. The highest BCUT2D eigenvalue weighted by Gasteiger charge is 2.25. The largest absolute Gasteiger partial charge is 0.0628 e. The number of unbranched alkanes of at least 4 members (excludes halogenated alkanes) is 6. The van der Waals surface area contributed by atoms with Crippen molar-refractivity contribution in [2.24, 2.45) is 47.3 Å². The second kappa shape index (κ2) is 18.4. The summed E-state index contributed by atoms with van der Waals surface area (Å²) >= 11 is 0. The maximum atomic E-state index is 2.51. The molecule has 31 heavy (non-hydrogen) atoms. The highest BCUT2D eigenvalue weighted by atomic mass is 14.3. The fourth-order valence-corrected chi connectivity index (χ4v) is 5.51. The van der Waals surface area contributed by atoms with Crippen molar-refractivity contribution < 1.29 is 0 Å². The molecule has 0 aliphatic rings. The second-order valence-corrected chi connectivity index (χ2v) is 12.6. The van der Waals surface area contributed by atoms with Crippen LogP contribution in [0.4, 0.5) is 0 Å². The zero-order valence-corrected chi connectivity index (χ0v) is 23.8. The van der Waals surface area contributed by atoms with Crippen LogP contribution in [0.2, 0.25) is 0 Å². The van der Waals surface area contributed by atoms with Gasteiger partial charge in [-0.2, -0.15) is 0 Å². The van der Waals surface area contributed by atoms with E-state index in [9.17, 15) is 0 Å². The third-order valence-electron chi connectivity index (χ3n) is 8.75. The van der Waals surface area contributed by atoms with Crippen molar-refractivity contribution >= 4 is 0 Å². The number of hydrogen-bond acceptors (Lipinski definition) is 0. The van der Waals surface area contributed by atoms with Gasteiger partial charge in [0.1, 0.15) is 0 Å². The molecule has 0 amide bonds. The van der Waals surface area contributed by atoms with Gasteiger partial charge >= 0.3 is 0 Å². The van der Waals surface area contributed by atoms with Gasteiger partial charge in [0.05, 0.1) is 0 Å². The molecule has 0 aliphatic carbocycles. The minimum absolute atomic E-state index is 0.806. The van der Waals surface area contributed by atoms with Crippen LogP contribution in [0.25, 0.3) is 0 Å². The van der Waals surface area contributed by atoms with Crippen molar-refractivity contribution in [3.63, 3.8) is 0 Å². The summed E-state index contributed by atoms with van der Waals surface area (Å²) in [5.41, 5.74) is 0. The van der Waals surface area contributed by atoms with Crippen molar-refractivity contribution in [2.45, 2.75) is 153 Å². The molecule has 0 heteroatoms. The van der Waals surface area contributed by atoms with Gasteiger partial charge in [-0.3, -0.25) is 0 Å². The van der Waals surface area contributed by atoms with Crippen molar-refractivity contribution in [3.8, 4) is 0 Å². The van der Waals surface area contributed by atoms with E-state index in [4.69, 9.17) is 0 Å². The molecular weight excluding hydrogens is 372 g/mol. The summed E-state index contributed by atoms with van der Waals surface area (Å²) in [6.45, 7) is 24.4. The molecular formula is C31H64. The lowest BCUT2D eigenvalue weighted by molar-refractivity contribution is 0.167. The first-order valence-corrected chi connectivity index (χ1v) is 14.6. The fraction of sp³-hybridized carbons (Fsp3) is 1.00. The molecule has 0 fully saturated rings. The Balaban J connectivity index is 3.77. The molecule has 0 spiro atoms. The smallest absolute Gasteiger partial charge is 0.0386 e. The minimum Gasteiger partial charge on any atom is -0.0628 e. The van der Waals surface area contributed by atoms with Gasteiger partial charge in [-0.1, -0.05) is 146 Å². The van der Waals surface area contributed by atoms with E-state index in [0.29, 0.717) is 0 Å². The van der Waals surface area contributed by atoms with Crippen LogP contribution < -0.4 is 0 Å². The summed E-state index contributed by atoms with van der Waals surface area (Å²) in [5, 5.41) is 0. The number of rotatable bonds is 20. The van der Waals surface area contributed by atoms with E-state index in [2.05, 4.69) is 69.2 Å². The molecule has 0 bridgehead atoms. The fourth-order valence-electron chi connectivity index (χ4n) is 5.51. The van der Waals surface area contributed by atoms with Crippen molar-refractivity contribution in [1.82, 2.24) is 0 Å². The molecule has 0 aromatic heterocycles. The third kappa shape index (κ3) is 16.3. The molecule has 0 saturated heterocycles.